The molecule has 1 rings (SSSR count). The van der Waals surface area contributed by atoms with Gasteiger partial charge in [-0.3, -0.25) is 0 Å². The summed E-state index contributed by atoms with van der Waals surface area (Å²) in [6, 6.07) is 1.88. The van der Waals surface area contributed by atoms with Gasteiger partial charge in [-0.1, -0.05) is 19.6 Å². The summed E-state index contributed by atoms with van der Waals surface area (Å²) in [5.74, 6) is 0. The van der Waals surface area contributed by atoms with Crippen LogP contribution in [0.4, 0.5) is 0 Å². The van der Waals surface area contributed by atoms with Gasteiger partial charge in [-0.05, 0) is 23.1 Å². The molecule has 0 saturated heterocycles. The van der Waals surface area contributed by atoms with E-state index in [1.54, 1.807) is 0 Å². The molecule has 0 spiro atoms. The van der Waals surface area contributed by atoms with Crippen LogP contribution in [0.5, 0.6) is 0 Å². The second kappa shape index (κ2) is 3.68. The van der Waals surface area contributed by atoms with Gasteiger partial charge >= 0.3 is 0 Å². The van der Waals surface area contributed by atoms with E-state index in [1.807, 2.05) is 13.0 Å². The molecule has 2 N–H and O–H groups in total. The SMILES string of the molecule is Cc1cc(S(N)(=O)=S)sc1[Si](C)(C)C. The predicted octanol–water partition coefficient (Wildman–Crippen LogP) is 1.58. The number of aryl methyl sites for hydroxylation is 1. The molecule has 1 atom stereocenters. The van der Waals surface area contributed by atoms with Crippen LogP contribution >= 0.6 is 11.3 Å². The lowest BCUT2D eigenvalue weighted by molar-refractivity contribution is 0.684. The normalized spacial score (nSPS) is 16.6. The monoisotopic (exact) mass is 265 g/mol. The number of rotatable bonds is 2. The van der Waals surface area contributed by atoms with Crippen LogP contribution in [-0.4, -0.2) is 12.3 Å². The van der Waals surface area contributed by atoms with Crippen molar-refractivity contribution in [2.45, 2.75) is 30.8 Å². The third kappa shape index (κ3) is 2.63. The first kappa shape index (κ1) is 12.3. The van der Waals surface area contributed by atoms with Gasteiger partial charge in [-0.2, -0.15) is 0 Å². The summed E-state index contributed by atoms with van der Waals surface area (Å²) in [5.41, 5.74) is 1.19. The summed E-state index contributed by atoms with van der Waals surface area (Å²) in [5, 5.41) is 5.45. The van der Waals surface area contributed by atoms with E-state index in [9.17, 15) is 4.21 Å². The van der Waals surface area contributed by atoms with Gasteiger partial charge in [-0.15, -0.1) is 11.3 Å². The largest absolute Gasteiger partial charge is 0.246 e. The summed E-state index contributed by atoms with van der Waals surface area (Å²) < 4.78 is 13.5. The van der Waals surface area contributed by atoms with Crippen molar-refractivity contribution in [3.05, 3.63) is 11.6 Å². The molecule has 0 aliphatic carbocycles. The first-order valence-electron chi connectivity index (χ1n) is 4.26. The molecule has 0 fully saturated rings. The van der Waals surface area contributed by atoms with E-state index in [0.717, 1.165) is 0 Å². The molecule has 0 amide bonds. The number of hydrogen-bond donors (Lipinski definition) is 1. The number of hydrogen-bond acceptors (Lipinski definition) is 3. The van der Waals surface area contributed by atoms with Gasteiger partial charge in [0.1, 0.15) is 12.9 Å². The minimum Gasteiger partial charge on any atom is -0.246 e. The Hall–Kier alpha value is 0.247. The molecule has 0 radical (unpaired) electrons. The standard InChI is InChI=1S/C8H15NOS3Si/c1-6-5-7(13(9,10)11)12-8(6)14(2,3)4/h5H,1-4H3,(H2,9,10,11). The van der Waals surface area contributed by atoms with Crippen LogP contribution in [0, 0.1) is 6.92 Å². The molecule has 1 aromatic rings. The van der Waals surface area contributed by atoms with E-state index in [0.29, 0.717) is 4.21 Å². The minimum atomic E-state index is -2.69. The van der Waals surface area contributed by atoms with Crippen LogP contribution in [0.2, 0.25) is 19.6 Å². The summed E-state index contributed by atoms with van der Waals surface area (Å²) in [6.45, 7) is 8.82. The predicted molar refractivity (Wildman–Crippen MR) is 70.0 cm³/mol. The molecule has 0 aromatic carbocycles. The zero-order chi connectivity index (χ0) is 11.1. The zero-order valence-corrected chi connectivity index (χ0v) is 12.2. The Balaban J connectivity index is 3.33. The van der Waals surface area contributed by atoms with Crippen molar-refractivity contribution in [3.63, 3.8) is 0 Å². The Morgan fingerprint density at radius 1 is 1.50 bits per heavy atom. The molecule has 0 bridgehead atoms. The topological polar surface area (TPSA) is 43.1 Å². The molecule has 0 aliphatic rings. The van der Waals surface area contributed by atoms with E-state index in [-0.39, 0.29) is 0 Å². The molecular weight excluding hydrogens is 250 g/mol. The average Bonchev–Trinajstić information content (AvgIpc) is 2.27. The molecule has 14 heavy (non-hydrogen) atoms. The van der Waals surface area contributed by atoms with Crippen LogP contribution in [0.3, 0.4) is 0 Å². The van der Waals surface area contributed by atoms with Gasteiger partial charge < -0.3 is 0 Å². The molecule has 0 aliphatic heterocycles. The molecule has 0 saturated carbocycles. The average molecular weight is 266 g/mol. The first-order chi connectivity index (χ1) is 6.12. The Bertz CT molecular complexity index is 442. The number of nitrogens with two attached hydrogens (primary N) is 1. The highest BCUT2D eigenvalue weighted by Crippen LogP contribution is 2.20. The summed E-state index contributed by atoms with van der Waals surface area (Å²) in [6.07, 6.45) is 0. The van der Waals surface area contributed by atoms with Crippen molar-refractivity contribution in [2.75, 3.05) is 0 Å². The van der Waals surface area contributed by atoms with Crippen LogP contribution in [-0.2, 0) is 19.9 Å². The lowest BCUT2D eigenvalue weighted by atomic mass is 10.4. The van der Waals surface area contributed by atoms with Crippen LogP contribution in [0.15, 0.2) is 10.3 Å². The molecule has 80 valence electrons. The molecule has 1 heterocycles. The van der Waals surface area contributed by atoms with Crippen LogP contribution in [0.25, 0.3) is 0 Å². The van der Waals surface area contributed by atoms with Gasteiger partial charge in [0.15, 0.2) is 0 Å². The van der Waals surface area contributed by atoms with E-state index in [2.05, 4.69) is 19.6 Å². The molecule has 1 aromatic heterocycles. The van der Waals surface area contributed by atoms with Crippen molar-refractivity contribution in [3.8, 4) is 0 Å². The van der Waals surface area contributed by atoms with E-state index >= 15 is 0 Å². The fraction of sp³-hybridized carbons (Fsp3) is 0.500. The van der Waals surface area contributed by atoms with Gasteiger partial charge in [0.05, 0.1) is 8.07 Å². The summed E-state index contributed by atoms with van der Waals surface area (Å²) in [4.78, 5) is 0. The Labute approximate surface area is 95.3 Å². The second-order valence-corrected chi connectivity index (χ2v) is 14.1. The summed E-state index contributed by atoms with van der Waals surface area (Å²) >= 11 is 6.31. The smallest absolute Gasteiger partial charge is 0.126 e. The molecular formula is C8H15NOS3Si. The van der Waals surface area contributed by atoms with Crippen molar-refractivity contribution in [1.29, 1.82) is 0 Å². The van der Waals surface area contributed by atoms with Gasteiger partial charge in [-0.25, -0.2) is 9.35 Å². The minimum absolute atomic E-state index is 0.655. The Morgan fingerprint density at radius 3 is 2.21 bits per heavy atom. The second-order valence-electron chi connectivity index (χ2n) is 4.37. The first-order valence-corrected chi connectivity index (χ1v) is 11.1. The molecule has 2 nitrogen and oxygen atoms in total. The maximum Gasteiger partial charge on any atom is 0.126 e. The highest BCUT2D eigenvalue weighted by molar-refractivity contribution is 8.32. The van der Waals surface area contributed by atoms with Crippen LogP contribution in [0.1, 0.15) is 5.56 Å². The van der Waals surface area contributed by atoms with Crippen molar-refractivity contribution < 1.29 is 4.21 Å². The van der Waals surface area contributed by atoms with E-state index in [4.69, 9.17) is 16.3 Å². The fourth-order valence-corrected chi connectivity index (χ4v) is 6.53. The number of thiophene rings is 1. The van der Waals surface area contributed by atoms with Gasteiger partial charge in [0, 0.05) is 11.2 Å². The van der Waals surface area contributed by atoms with Crippen LogP contribution < -0.4 is 9.64 Å². The molecule has 6 heteroatoms. The van der Waals surface area contributed by atoms with Gasteiger partial charge in [0.25, 0.3) is 0 Å². The lowest BCUT2D eigenvalue weighted by Crippen LogP contribution is -2.36. The quantitative estimate of drug-likeness (QED) is 0.825. The Kier molecular flexibility index (Phi) is 3.23. The van der Waals surface area contributed by atoms with Crippen molar-refractivity contribution >= 4 is 43.8 Å². The highest BCUT2D eigenvalue weighted by atomic mass is 32.8. The zero-order valence-electron chi connectivity index (χ0n) is 8.79. The molecule has 1 unspecified atom stereocenters. The Morgan fingerprint density at radius 2 is 2.00 bits per heavy atom. The fourth-order valence-electron chi connectivity index (χ4n) is 1.34. The van der Waals surface area contributed by atoms with E-state index < -0.39 is 16.8 Å². The maximum absolute atomic E-state index is 11.5. The lowest BCUT2D eigenvalue weighted by Gasteiger charge is -2.14. The third-order valence-electron chi connectivity index (χ3n) is 1.86. The van der Waals surface area contributed by atoms with E-state index in [1.165, 1.54) is 21.4 Å². The maximum atomic E-state index is 11.5. The highest BCUT2D eigenvalue weighted by Gasteiger charge is 2.23. The van der Waals surface area contributed by atoms with Crippen molar-refractivity contribution in [1.82, 2.24) is 0 Å². The third-order valence-corrected chi connectivity index (χ3v) is 9.13. The van der Waals surface area contributed by atoms with Gasteiger partial charge in [0.2, 0.25) is 0 Å². The summed E-state index contributed by atoms with van der Waals surface area (Å²) in [7, 11) is -4.04. The van der Waals surface area contributed by atoms with Crippen molar-refractivity contribution in [2.24, 2.45) is 5.14 Å².